The Kier molecular flexibility index (Phi) is 3.65. The third-order valence-corrected chi connectivity index (χ3v) is 4.37. The normalized spacial score (nSPS) is 40.2. The second kappa shape index (κ2) is 4.78. The van der Waals surface area contributed by atoms with E-state index in [4.69, 9.17) is 22.7 Å². The van der Waals surface area contributed by atoms with Crippen LogP contribution in [0.1, 0.15) is 33.6 Å². The van der Waals surface area contributed by atoms with E-state index in [2.05, 4.69) is 6.92 Å². The minimum Gasteiger partial charge on any atom is -0.392 e. The summed E-state index contributed by atoms with van der Waals surface area (Å²) in [5, 5.41) is 0. The maximum Gasteiger partial charge on any atom is 0.235 e. The van der Waals surface area contributed by atoms with E-state index < -0.39 is 5.41 Å². The first-order valence-corrected chi connectivity index (χ1v) is 7.00. The topological polar surface area (TPSA) is 55.6 Å². The largest absolute Gasteiger partial charge is 0.392 e. The van der Waals surface area contributed by atoms with Crippen molar-refractivity contribution in [3.8, 4) is 0 Å². The molecule has 2 aliphatic rings. The van der Waals surface area contributed by atoms with Crippen LogP contribution in [-0.2, 0) is 9.53 Å². The summed E-state index contributed by atoms with van der Waals surface area (Å²) in [6, 6.07) is 0. The molecule has 1 aliphatic carbocycles. The molecule has 0 bridgehead atoms. The lowest BCUT2D eigenvalue weighted by Crippen LogP contribution is -2.60. The van der Waals surface area contributed by atoms with Crippen LogP contribution in [0.25, 0.3) is 0 Å². The number of carbonyl (C=O) groups is 1. The number of hydrogen-bond donors (Lipinski definition) is 1. The van der Waals surface area contributed by atoms with E-state index in [1.807, 2.05) is 18.7 Å². The van der Waals surface area contributed by atoms with Gasteiger partial charge >= 0.3 is 0 Å². The van der Waals surface area contributed by atoms with Crippen LogP contribution in [0, 0.1) is 11.3 Å². The molecule has 2 rings (SSSR count). The van der Waals surface area contributed by atoms with Gasteiger partial charge in [0, 0.05) is 13.1 Å². The standard InChI is InChI=1S/C13H22N2O2S/c1-8-4-13(5-8,11(14)18)12(16)15-6-9(2)17-10(3)7-15/h8-10H,4-7H2,1-3H3,(H2,14,18)/t8?,9-,10+,13?. The van der Waals surface area contributed by atoms with Crippen LogP contribution < -0.4 is 5.73 Å². The molecule has 0 unspecified atom stereocenters. The minimum atomic E-state index is -0.578. The van der Waals surface area contributed by atoms with Crippen molar-refractivity contribution in [1.29, 1.82) is 0 Å². The van der Waals surface area contributed by atoms with Gasteiger partial charge in [0.1, 0.15) is 0 Å². The Bertz CT molecular complexity index is 356. The Balaban J connectivity index is 2.12. The second-order valence-corrected chi connectivity index (χ2v) is 6.37. The molecule has 0 spiro atoms. The SMILES string of the molecule is CC1CC(C(=O)N2C[C@@H](C)O[C@@H](C)C2)(C(N)=S)C1. The smallest absolute Gasteiger partial charge is 0.235 e. The molecule has 2 atom stereocenters. The summed E-state index contributed by atoms with van der Waals surface area (Å²) >= 11 is 5.14. The molecule has 4 nitrogen and oxygen atoms in total. The Morgan fingerprint density at radius 3 is 2.17 bits per heavy atom. The van der Waals surface area contributed by atoms with Crippen molar-refractivity contribution in [2.75, 3.05) is 13.1 Å². The number of thiocarbonyl (C=S) groups is 1. The van der Waals surface area contributed by atoms with Crippen LogP contribution in [0.15, 0.2) is 0 Å². The monoisotopic (exact) mass is 270 g/mol. The number of rotatable bonds is 2. The van der Waals surface area contributed by atoms with Crippen molar-refractivity contribution in [3.05, 3.63) is 0 Å². The molecule has 18 heavy (non-hydrogen) atoms. The van der Waals surface area contributed by atoms with Gasteiger partial charge in [0.15, 0.2) is 0 Å². The molecule has 2 fully saturated rings. The molecule has 1 saturated carbocycles. The molecule has 0 aromatic rings. The number of ether oxygens (including phenoxy) is 1. The van der Waals surface area contributed by atoms with E-state index in [1.54, 1.807) is 0 Å². The van der Waals surface area contributed by atoms with E-state index in [0.717, 1.165) is 12.8 Å². The maximum absolute atomic E-state index is 12.7. The summed E-state index contributed by atoms with van der Waals surface area (Å²) in [5.74, 6) is 0.640. The number of morpholine rings is 1. The molecule has 1 saturated heterocycles. The zero-order chi connectivity index (χ0) is 13.5. The highest BCUT2D eigenvalue weighted by atomic mass is 32.1. The third-order valence-electron chi connectivity index (χ3n) is 3.98. The highest BCUT2D eigenvalue weighted by Crippen LogP contribution is 2.47. The molecule has 0 aromatic heterocycles. The average molecular weight is 270 g/mol. The van der Waals surface area contributed by atoms with Crippen LogP contribution in [0.5, 0.6) is 0 Å². The molecule has 1 aliphatic heterocycles. The molecule has 0 radical (unpaired) electrons. The highest BCUT2D eigenvalue weighted by Gasteiger charge is 2.53. The first-order valence-electron chi connectivity index (χ1n) is 6.60. The average Bonchev–Trinajstić information content (AvgIpc) is 2.21. The molecule has 5 heteroatoms. The second-order valence-electron chi connectivity index (χ2n) is 5.93. The van der Waals surface area contributed by atoms with Gasteiger partial charge in [-0.25, -0.2) is 0 Å². The number of carbonyl (C=O) groups excluding carboxylic acids is 1. The van der Waals surface area contributed by atoms with Crippen molar-refractivity contribution in [1.82, 2.24) is 4.90 Å². The van der Waals surface area contributed by atoms with Gasteiger partial charge in [-0.1, -0.05) is 19.1 Å². The molecule has 2 N–H and O–H groups in total. The number of nitrogens with two attached hydrogens (primary N) is 1. The fourth-order valence-electron chi connectivity index (χ4n) is 3.26. The number of amides is 1. The molecule has 102 valence electrons. The van der Waals surface area contributed by atoms with E-state index in [-0.39, 0.29) is 18.1 Å². The highest BCUT2D eigenvalue weighted by molar-refractivity contribution is 7.80. The van der Waals surface area contributed by atoms with E-state index in [1.165, 1.54) is 0 Å². The Labute approximate surface area is 114 Å². The quantitative estimate of drug-likeness (QED) is 0.769. The number of nitrogens with zero attached hydrogens (tertiary/aromatic N) is 1. The maximum atomic E-state index is 12.7. The predicted molar refractivity (Wildman–Crippen MR) is 74.2 cm³/mol. The van der Waals surface area contributed by atoms with Crippen molar-refractivity contribution in [2.45, 2.75) is 45.8 Å². The Morgan fingerprint density at radius 1 is 1.28 bits per heavy atom. The lowest BCUT2D eigenvalue weighted by Gasteiger charge is -2.48. The number of hydrogen-bond acceptors (Lipinski definition) is 3. The van der Waals surface area contributed by atoms with Crippen LogP contribution in [0.4, 0.5) is 0 Å². The van der Waals surface area contributed by atoms with Crippen LogP contribution in [0.2, 0.25) is 0 Å². The lowest BCUT2D eigenvalue weighted by atomic mass is 9.61. The van der Waals surface area contributed by atoms with Gasteiger partial charge in [0.25, 0.3) is 0 Å². The summed E-state index contributed by atoms with van der Waals surface area (Å²) in [4.78, 5) is 14.9. The van der Waals surface area contributed by atoms with Gasteiger partial charge in [-0.2, -0.15) is 0 Å². The first kappa shape index (κ1) is 13.7. The van der Waals surface area contributed by atoms with Crippen molar-refractivity contribution < 1.29 is 9.53 Å². The van der Waals surface area contributed by atoms with Gasteiger partial charge in [0.2, 0.25) is 5.91 Å². The van der Waals surface area contributed by atoms with Crippen molar-refractivity contribution in [2.24, 2.45) is 17.1 Å². The van der Waals surface area contributed by atoms with Crippen molar-refractivity contribution in [3.63, 3.8) is 0 Å². The van der Waals surface area contributed by atoms with Gasteiger partial charge in [-0.3, -0.25) is 4.79 Å². The predicted octanol–water partition coefficient (Wildman–Crippen LogP) is 1.32. The van der Waals surface area contributed by atoms with Crippen LogP contribution in [0.3, 0.4) is 0 Å². The Hall–Kier alpha value is -0.680. The molecule has 1 heterocycles. The summed E-state index contributed by atoms with van der Waals surface area (Å²) in [6.45, 7) is 7.40. The molecule has 0 aromatic carbocycles. The molecule has 1 amide bonds. The van der Waals surface area contributed by atoms with Gasteiger partial charge in [-0.15, -0.1) is 0 Å². The summed E-state index contributed by atoms with van der Waals surface area (Å²) < 4.78 is 5.65. The molecular weight excluding hydrogens is 248 g/mol. The van der Waals surface area contributed by atoms with E-state index in [9.17, 15) is 4.79 Å². The van der Waals surface area contributed by atoms with Gasteiger partial charge in [-0.05, 0) is 32.6 Å². The lowest BCUT2D eigenvalue weighted by molar-refractivity contribution is -0.155. The van der Waals surface area contributed by atoms with Gasteiger partial charge in [0.05, 0.1) is 22.6 Å². The fourth-order valence-corrected chi connectivity index (χ4v) is 3.51. The summed E-state index contributed by atoms with van der Waals surface area (Å²) in [6.07, 6.45) is 1.75. The fraction of sp³-hybridized carbons (Fsp3) is 0.846. The summed E-state index contributed by atoms with van der Waals surface area (Å²) in [7, 11) is 0. The third kappa shape index (κ3) is 2.26. The molecular formula is C13H22N2O2S. The van der Waals surface area contributed by atoms with Crippen LogP contribution >= 0.6 is 12.2 Å². The zero-order valence-electron chi connectivity index (χ0n) is 11.3. The van der Waals surface area contributed by atoms with E-state index in [0.29, 0.717) is 24.0 Å². The Morgan fingerprint density at radius 2 is 1.78 bits per heavy atom. The van der Waals surface area contributed by atoms with Gasteiger partial charge < -0.3 is 15.4 Å². The summed E-state index contributed by atoms with van der Waals surface area (Å²) in [5.41, 5.74) is 5.25. The minimum absolute atomic E-state index is 0.0820. The van der Waals surface area contributed by atoms with E-state index >= 15 is 0 Å². The first-order chi connectivity index (χ1) is 8.35. The zero-order valence-corrected chi connectivity index (χ0v) is 12.1. The van der Waals surface area contributed by atoms with Crippen LogP contribution in [-0.4, -0.2) is 41.1 Å². The van der Waals surface area contributed by atoms with Crippen molar-refractivity contribution >= 4 is 23.1 Å².